The Labute approximate surface area is 129 Å². The van der Waals surface area contributed by atoms with E-state index in [0.29, 0.717) is 34.9 Å². The first kappa shape index (κ1) is 14.5. The van der Waals surface area contributed by atoms with Crippen LogP contribution in [0, 0.1) is 0 Å². The molecule has 2 aliphatic rings. The van der Waals surface area contributed by atoms with Crippen LogP contribution < -0.4 is 9.47 Å². The molecule has 2 aliphatic carbocycles. The number of hydrogen-bond donors (Lipinski definition) is 1. The van der Waals surface area contributed by atoms with Crippen molar-refractivity contribution in [2.45, 2.75) is 50.0 Å². The standard InChI is InChI=1S/C16H19ClO4/c1-20-12-7-6-11(17)13(16(8-9-16)15(18)19)14(12)21-10-4-2-3-5-10/h6-7,10H,2-5,8-9H2,1H3,(H,18,19). The molecule has 0 heterocycles. The number of aliphatic carboxylic acids is 1. The van der Waals surface area contributed by atoms with Gasteiger partial charge in [0.05, 0.1) is 18.6 Å². The predicted octanol–water partition coefficient (Wildman–Crippen LogP) is 3.79. The minimum Gasteiger partial charge on any atom is -0.493 e. The molecule has 0 atom stereocenters. The van der Waals surface area contributed by atoms with Crippen LogP contribution in [0.1, 0.15) is 44.1 Å². The Hall–Kier alpha value is -1.42. The molecule has 0 amide bonds. The molecule has 1 aromatic carbocycles. The molecule has 21 heavy (non-hydrogen) atoms. The molecule has 0 aliphatic heterocycles. The van der Waals surface area contributed by atoms with Crippen molar-refractivity contribution in [2.75, 3.05) is 7.11 Å². The molecule has 0 aromatic heterocycles. The van der Waals surface area contributed by atoms with Gasteiger partial charge < -0.3 is 14.6 Å². The fourth-order valence-electron chi connectivity index (χ4n) is 3.13. The Bertz CT molecular complexity index is 560. The van der Waals surface area contributed by atoms with Crippen LogP contribution in [0.4, 0.5) is 0 Å². The highest BCUT2D eigenvalue weighted by molar-refractivity contribution is 6.32. The number of hydrogen-bond acceptors (Lipinski definition) is 3. The quantitative estimate of drug-likeness (QED) is 0.899. The predicted molar refractivity (Wildman–Crippen MR) is 79.4 cm³/mol. The number of methoxy groups -OCH3 is 1. The third kappa shape index (κ3) is 2.46. The van der Waals surface area contributed by atoms with Gasteiger partial charge in [-0.15, -0.1) is 0 Å². The lowest BCUT2D eigenvalue weighted by Crippen LogP contribution is -2.23. The van der Waals surface area contributed by atoms with Crippen LogP contribution >= 0.6 is 11.6 Å². The van der Waals surface area contributed by atoms with Crippen LogP contribution in [-0.4, -0.2) is 24.3 Å². The second kappa shape index (κ2) is 5.41. The SMILES string of the molecule is COc1ccc(Cl)c(C2(C(=O)O)CC2)c1OC1CCCC1. The molecule has 1 aromatic rings. The van der Waals surface area contributed by atoms with E-state index in [1.165, 1.54) is 0 Å². The summed E-state index contributed by atoms with van der Waals surface area (Å²) in [6.07, 6.45) is 5.59. The molecule has 0 saturated heterocycles. The van der Waals surface area contributed by atoms with Gasteiger partial charge in [-0.25, -0.2) is 0 Å². The first-order valence-corrected chi connectivity index (χ1v) is 7.73. The summed E-state index contributed by atoms with van der Waals surface area (Å²) in [5, 5.41) is 10.0. The molecule has 4 nitrogen and oxygen atoms in total. The summed E-state index contributed by atoms with van der Waals surface area (Å²) in [7, 11) is 1.56. The van der Waals surface area contributed by atoms with Gasteiger partial charge in [-0.2, -0.15) is 0 Å². The average molecular weight is 311 g/mol. The third-order valence-electron chi connectivity index (χ3n) is 4.52. The summed E-state index contributed by atoms with van der Waals surface area (Å²) < 4.78 is 11.5. The fraction of sp³-hybridized carbons (Fsp3) is 0.562. The summed E-state index contributed by atoms with van der Waals surface area (Å²) in [6.45, 7) is 0. The maximum absolute atomic E-state index is 11.7. The van der Waals surface area contributed by atoms with Crippen LogP contribution in [0.3, 0.4) is 0 Å². The van der Waals surface area contributed by atoms with E-state index in [1.54, 1.807) is 19.2 Å². The highest BCUT2D eigenvalue weighted by Crippen LogP contribution is 2.56. The Kier molecular flexibility index (Phi) is 3.74. The minimum atomic E-state index is -0.903. The monoisotopic (exact) mass is 310 g/mol. The third-order valence-corrected chi connectivity index (χ3v) is 4.83. The molecular weight excluding hydrogens is 292 g/mol. The van der Waals surface area contributed by atoms with Crippen molar-refractivity contribution in [1.29, 1.82) is 0 Å². The molecule has 3 rings (SSSR count). The zero-order chi connectivity index (χ0) is 15.0. The number of carboxylic acids is 1. The highest BCUT2D eigenvalue weighted by Gasteiger charge is 2.55. The van der Waals surface area contributed by atoms with Crippen molar-refractivity contribution < 1.29 is 19.4 Å². The van der Waals surface area contributed by atoms with Crippen molar-refractivity contribution in [3.8, 4) is 11.5 Å². The van der Waals surface area contributed by atoms with Crippen molar-refractivity contribution in [3.63, 3.8) is 0 Å². The summed E-state index contributed by atoms with van der Waals surface area (Å²) in [4.78, 5) is 11.7. The Morgan fingerprint density at radius 1 is 1.33 bits per heavy atom. The zero-order valence-corrected chi connectivity index (χ0v) is 12.8. The molecule has 0 unspecified atom stereocenters. The van der Waals surface area contributed by atoms with Crippen molar-refractivity contribution >= 4 is 17.6 Å². The van der Waals surface area contributed by atoms with E-state index in [2.05, 4.69) is 0 Å². The molecule has 1 N–H and O–H groups in total. The van der Waals surface area contributed by atoms with Crippen molar-refractivity contribution in [1.82, 2.24) is 0 Å². The van der Waals surface area contributed by atoms with Crippen LogP contribution in [0.15, 0.2) is 12.1 Å². The summed E-state index contributed by atoms with van der Waals surface area (Å²) in [5.41, 5.74) is -0.317. The van der Waals surface area contributed by atoms with E-state index in [4.69, 9.17) is 21.1 Å². The molecule has 114 valence electrons. The highest BCUT2D eigenvalue weighted by atomic mass is 35.5. The number of carboxylic acid groups (broad SMARTS) is 1. The largest absolute Gasteiger partial charge is 0.493 e. The Balaban J connectivity index is 2.06. The minimum absolute atomic E-state index is 0.126. The molecule has 5 heteroatoms. The summed E-state index contributed by atoms with van der Waals surface area (Å²) in [5.74, 6) is 0.250. The zero-order valence-electron chi connectivity index (χ0n) is 12.0. The van der Waals surface area contributed by atoms with Crippen LogP contribution in [0.25, 0.3) is 0 Å². The van der Waals surface area contributed by atoms with Gasteiger partial charge >= 0.3 is 5.97 Å². The van der Waals surface area contributed by atoms with Crippen LogP contribution in [0.2, 0.25) is 5.02 Å². The number of rotatable bonds is 5. The van der Waals surface area contributed by atoms with E-state index in [0.717, 1.165) is 25.7 Å². The van der Waals surface area contributed by atoms with Gasteiger partial charge in [0.15, 0.2) is 11.5 Å². The lowest BCUT2D eigenvalue weighted by Gasteiger charge is -2.23. The molecule has 2 fully saturated rings. The Morgan fingerprint density at radius 2 is 2.00 bits per heavy atom. The number of ether oxygens (including phenoxy) is 2. The second-order valence-electron chi connectivity index (χ2n) is 5.87. The normalized spacial score (nSPS) is 20.3. The first-order valence-electron chi connectivity index (χ1n) is 7.35. The maximum Gasteiger partial charge on any atom is 0.314 e. The van der Waals surface area contributed by atoms with E-state index in [9.17, 15) is 9.90 Å². The van der Waals surface area contributed by atoms with E-state index in [-0.39, 0.29) is 6.10 Å². The average Bonchev–Trinajstić information content (AvgIpc) is 3.10. The summed E-state index contributed by atoms with van der Waals surface area (Å²) in [6, 6.07) is 3.44. The number of halogens is 1. The number of carbonyl (C=O) groups is 1. The molecule has 0 spiro atoms. The van der Waals surface area contributed by atoms with Crippen LogP contribution in [0.5, 0.6) is 11.5 Å². The maximum atomic E-state index is 11.7. The van der Waals surface area contributed by atoms with E-state index in [1.807, 2.05) is 0 Å². The van der Waals surface area contributed by atoms with Crippen LogP contribution in [-0.2, 0) is 10.2 Å². The van der Waals surface area contributed by atoms with Gasteiger partial charge in [0, 0.05) is 10.6 Å². The number of benzene rings is 1. The second-order valence-corrected chi connectivity index (χ2v) is 6.27. The molecule has 0 bridgehead atoms. The Morgan fingerprint density at radius 3 is 2.52 bits per heavy atom. The van der Waals surface area contributed by atoms with Gasteiger partial charge in [0.25, 0.3) is 0 Å². The van der Waals surface area contributed by atoms with Gasteiger partial charge in [0.1, 0.15) is 0 Å². The first-order chi connectivity index (χ1) is 10.1. The van der Waals surface area contributed by atoms with Gasteiger partial charge in [-0.05, 0) is 50.7 Å². The van der Waals surface area contributed by atoms with Gasteiger partial charge in [0.2, 0.25) is 0 Å². The summed E-state index contributed by atoms with van der Waals surface area (Å²) >= 11 is 6.31. The molecule has 2 saturated carbocycles. The lowest BCUT2D eigenvalue weighted by atomic mass is 9.94. The van der Waals surface area contributed by atoms with Crippen molar-refractivity contribution in [3.05, 3.63) is 22.7 Å². The molecule has 0 radical (unpaired) electrons. The van der Waals surface area contributed by atoms with E-state index >= 15 is 0 Å². The van der Waals surface area contributed by atoms with Gasteiger partial charge in [-0.1, -0.05) is 11.6 Å². The molecular formula is C16H19ClO4. The van der Waals surface area contributed by atoms with Gasteiger partial charge in [-0.3, -0.25) is 4.79 Å². The topological polar surface area (TPSA) is 55.8 Å². The van der Waals surface area contributed by atoms with Crippen molar-refractivity contribution in [2.24, 2.45) is 0 Å². The smallest absolute Gasteiger partial charge is 0.314 e. The fourth-order valence-corrected chi connectivity index (χ4v) is 3.46. The lowest BCUT2D eigenvalue weighted by molar-refractivity contribution is -0.140. The van der Waals surface area contributed by atoms with E-state index < -0.39 is 11.4 Å².